The van der Waals surface area contributed by atoms with E-state index in [9.17, 15) is 0 Å². The lowest BCUT2D eigenvalue weighted by molar-refractivity contribution is -0.288. The average Bonchev–Trinajstić information content (AvgIpc) is 2.15. The van der Waals surface area contributed by atoms with Gasteiger partial charge in [-0.1, -0.05) is 0 Å². The third kappa shape index (κ3) is 1.68. The first-order valence-corrected chi connectivity index (χ1v) is 2.23. The van der Waals surface area contributed by atoms with Gasteiger partial charge in [0.05, 0.1) is 0 Å². The van der Waals surface area contributed by atoms with Gasteiger partial charge in [-0.25, -0.2) is 10.4 Å². The highest BCUT2D eigenvalue weighted by atomic mass is 16.8. The average molecular weight is 130 g/mol. The monoisotopic (exact) mass is 130 g/mol. The van der Waals surface area contributed by atoms with Crippen LogP contribution < -0.4 is 5.43 Å². The lowest BCUT2D eigenvalue weighted by Crippen LogP contribution is -2.21. The van der Waals surface area contributed by atoms with Crippen molar-refractivity contribution in [1.82, 2.24) is 15.3 Å². The topological polar surface area (TPSA) is 84.4 Å². The van der Waals surface area contributed by atoms with Crippen LogP contribution in [0.4, 0.5) is 5.95 Å². The largest absolute Gasteiger partial charge is 0.330 e. The van der Waals surface area contributed by atoms with Gasteiger partial charge in [0.2, 0.25) is 5.95 Å². The summed E-state index contributed by atoms with van der Waals surface area (Å²) in [7, 11) is 0. The molecule has 1 heterocycles. The van der Waals surface area contributed by atoms with E-state index < -0.39 is 0 Å². The molecule has 1 rings (SSSR count). The molecule has 0 aliphatic carbocycles. The van der Waals surface area contributed by atoms with Gasteiger partial charge in [0.1, 0.15) is 0 Å². The number of aromatic amines is 1. The Balaban J connectivity index is 2.48. The van der Waals surface area contributed by atoms with Gasteiger partial charge in [-0.3, -0.25) is 10.4 Å². The van der Waals surface area contributed by atoms with Gasteiger partial charge >= 0.3 is 0 Å². The molecule has 0 spiro atoms. The Kier molecular flexibility index (Phi) is 1.63. The van der Waals surface area contributed by atoms with Crippen molar-refractivity contribution < 1.29 is 10.4 Å². The number of hydrazine groups is 1. The van der Waals surface area contributed by atoms with E-state index >= 15 is 0 Å². The third-order valence-electron chi connectivity index (χ3n) is 0.704. The maximum atomic E-state index is 8.14. The second kappa shape index (κ2) is 2.44. The molecule has 4 N–H and O–H groups in total. The van der Waals surface area contributed by atoms with Crippen LogP contribution in [0.2, 0.25) is 0 Å². The highest BCUT2D eigenvalue weighted by Crippen LogP contribution is 1.92. The smallest absolute Gasteiger partial charge is 0.218 e. The second-order valence-corrected chi connectivity index (χ2v) is 1.34. The minimum Gasteiger partial charge on any atom is -0.330 e. The van der Waals surface area contributed by atoms with Crippen LogP contribution in [-0.2, 0) is 0 Å². The molecule has 50 valence electrons. The van der Waals surface area contributed by atoms with Crippen molar-refractivity contribution in [3.63, 3.8) is 0 Å². The minimum atomic E-state index is -0.182. The summed E-state index contributed by atoms with van der Waals surface area (Å²) in [4.78, 5) is 6.21. The molecule has 0 saturated heterocycles. The summed E-state index contributed by atoms with van der Waals surface area (Å²) < 4.78 is 0. The molecule has 1 aromatic heterocycles. The van der Waals surface area contributed by atoms with Crippen LogP contribution in [0, 0.1) is 0 Å². The predicted octanol–water partition coefficient (Wildman–Crippen LogP) is -0.183. The van der Waals surface area contributed by atoms with Crippen molar-refractivity contribution in [2.24, 2.45) is 0 Å². The molecule has 0 unspecified atom stereocenters. The van der Waals surface area contributed by atoms with Crippen LogP contribution >= 0.6 is 0 Å². The van der Waals surface area contributed by atoms with E-state index in [0.29, 0.717) is 0 Å². The van der Waals surface area contributed by atoms with E-state index in [-0.39, 0.29) is 11.3 Å². The number of anilines is 1. The molecule has 0 radical (unpaired) electrons. The number of nitrogens with zero attached hydrogens (tertiary/aromatic N) is 2. The lowest BCUT2D eigenvalue weighted by atomic mass is 11.0. The van der Waals surface area contributed by atoms with Crippen LogP contribution in [0.1, 0.15) is 0 Å². The first kappa shape index (κ1) is 6.02. The van der Waals surface area contributed by atoms with Crippen molar-refractivity contribution in [2.75, 3.05) is 5.43 Å². The molecule has 1 aromatic rings. The molecular weight excluding hydrogens is 124 g/mol. The van der Waals surface area contributed by atoms with Crippen molar-refractivity contribution in [2.45, 2.75) is 0 Å². The quantitative estimate of drug-likeness (QED) is 0.417. The Hall–Kier alpha value is -1.11. The molecule has 0 aliphatic heterocycles. The van der Waals surface area contributed by atoms with Crippen LogP contribution in [-0.4, -0.2) is 25.7 Å². The predicted molar refractivity (Wildman–Crippen MR) is 27.6 cm³/mol. The summed E-state index contributed by atoms with van der Waals surface area (Å²) in [5.41, 5.74) is 2.06. The molecule has 0 aliphatic rings. The first-order chi connectivity index (χ1) is 4.29. The van der Waals surface area contributed by atoms with Crippen molar-refractivity contribution in [1.29, 1.82) is 0 Å². The SMILES string of the molecule is ON(O)Nc1ncc[nH]1. The number of rotatable bonds is 2. The normalized spacial score (nSPS) is 10.1. The highest BCUT2D eigenvalue weighted by Gasteiger charge is 1.93. The van der Waals surface area contributed by atoms with Gasteiger partial charge in [-0.05, 0) is 0 Å². The second-order valence-electron chi connectivity index (χ2n) is 1.34. The summed E-state index contributed by atoms with van der Waals surface area (Å²) in [5, 5.41) is 16.1. The van der Waals surface area contributed by atoms with Gasteiger partial charge in [0.15, 0.2) is 0 Å². The molecule has 6 heteroatoms. The maximum absolute atomic E-state index is 8.14. The molecule has 0 amide bonds. The first-order valence-electron chi connectivity index (χ1n) is 2.23. The van der Waals surface area contributed by atoms with E-state index in [1.165, 1.54) is 6.20 Å². The number of hydrogen-bond donors (Lipinski definition) is 4. The van der Waals surface area contributed by atoms with Gasteiger partial charge in [0.25, 0.3) is 0 Å². The Bertz CT molecular complexity index is 160. The van der Waals surface area contributed by atoms with E-state index in [1.807, 2.05) is 0 Å². The Morgan fingerprint density at radius 1 is 1.67 bits per heavy atom. The summed E-state index contributed by atoms with van der Waals surface area (Å²) in [6.07, 6.45) is 3.03. The number of hydrogen-bond acceptors (Lipinski definition) is 5. The maximum Gasteiger partial charge on any atom is 0.218 e. The Labute approximate surface area is 50.6 Å². The van der Waals surface area contributed by atoms with Gasteiger partial charge in [-0.15, -0.1) is 0 Å². The molecule has 9 heavy (non-hydrogen) atoms. The molecule has 0 bridgehead atoms. The zero-order valence-corrected chi connectivity index (χ0v) is 4.44. The molecule has 0 aromatic carbocycles. The van der Waals surface area contributed by atoms with E-state index in [4.69, 9.17) is 10.4 Å². The minimum absolute atomic E-state index is 0.182. The lowest BCUT2D eigenvalue weighted by Gasteiger charge is -2.03. The van der Waals surface area contributed by atoms with Crippen molar-refractivity contribution >= 4 is 5.95 Å². The Morgan fingerprint density at radius 3 is 2.89 bits per heavy atom. The highest BCUT2D eigenvalue weighted by molar-refractivity contribution is 5.19. The van der Waals surface area contributed by atoms with Crippen molar-refractivity contribution in [3.8, 4) is 0 Å². The Morgan fingerprint density at radius 2 is 2.44 bits per heavy atom. The number of H-pyrrole nitrogens is 1. The zero-order chi connectivity index (χ0) is 6.69. The summed E-state index contributed by atoms with van der Waals surface area (Å²) in [5.74, 6) is 0.264. The molecule has 0 atom stereocenters. The van der Waals surface area contributed by atoms with Gasteiger partial charge in [-0.2, -0.15) is 0 Å². The van der Waals surface area contributed by atoms with Crippen LogP contribution in [0.25, 0.3) is 0 Å². The summed E-state index contributed by atoms with van der Waals surface area (Å²) in [6.45, 7) is 0. The van der Waals surface area contributed by atoms with Crippen LogP contribution in [0.5, 0.6) is 0 Å². The standard InChI is InChI=1S/C3H6N4O2/c8-7(9)6-3-4-1-2-5-3/h1-2,8-9H,(H2,4,5,6). The van der Waals surface area contributed by atoms with Crippen molar-refractivity contribution in [3.05, 3.63) is 12.4 Å². The number of aromatic nitrogens is 2. The van der Waals surface area contributed by atoms with Crippen LogP contribution in [0.15, 0.2) is 12.4 Å². The summed E-state index contributed by atoms with van der Waals surface area (Å²) in [6, 6.07) is 0. The van der Waals surface area contributed by atoms with Gasteiger partial charge < -0.3 is 4.98 Å². The summed E-state index contributed by atoms with van der Waals surface area (Å²) >= 11 is 0. The fraction of sp³-hybridized carbons (Fsp3) is 0. The van der Waals surface area contributed by atoms with E-state index in [2.05, 4.69) is 15.4 Å². The number of imidazole rings is 1. The molecule has 6 nitrogen and oxygen atoms in total. The van der Waals surface area contributed by atoms with Crippen LogP contribution in [0.3, 0.4) is 0 Å². The molecular formula is C3H6N4O2. The third-order valence-corrected chi connectivity index (χ3v) is 0.704. The number of nitrogens with one attached hydrogen (secondary N) is 2. The van der Waals surface area contributed by atoms with Gasteiger partial charge in [0, 0.05) is 17.7 Å². The molecule has 0 fully saturated rings. The van der Waals surface area contributed by atoms with E-state index in [1.54, 1.807) is 6.20 Å². The zero-order valence-electron chi connectivity index (χ0n) is 4.44. The van der Waals surface area contributed by atoms with E-state index in [0.717, 1.165) is 0 Å². The molecule has 0 saturated carbocycles. The fourth-order valence-electron chi connectivity index (χ4n) is 0.421. The fourth-order valence-corrected chi connectivity index (χ4v) is 0.421.